The van der Waals surface area contributed by atoms with Crippen LogP contribution < -0.4 is 5.56 Å². The first-order valence-corrected chi connectivity index (χ1v) is 10.2. The Bertz CT molecular complexity index is 1260. The van der Waals surface area contributed by atoms with E-state index < -0.39 is 0 Å². The fourth-order valence-corrected chi connectivity index (χ4v) is 3.99. The minimum absolute atomic E-state index is 0.0495. The molecule has 0 N–H and O–H groups in total. The number of hydrogen-bond donors (Lipinski definition) is 0. The lowest BCUT2D eigenvalue weighted by Crippen LogP contribution is -2.19. The van der Waals surface area contributed by atoms with E-state index in [1.807, 2.05) is 24.3 Å². The van der Waals surface area contributed by atoms with Crippen molar-refractivity contribution in [3.63, 3.8) is 0 Å². The zero-order valence-electron chi connectivity index (χ0n) is 15.8. The van der Waals surface area contributed by atoms with Gasteiger partial charge in [-0.1, -0.05) is 47.6 Å². The predicted molar refractivity (Wildman–Crippen MR) is 115 cm³/mol. The van der Waals surface area contributed by atoms with Crippen LogP contribution in [0, 0.1) is 0 Å². The summed E-state index contributed by atoms with van der Waals surface area (Å²) in [7, 11) is 3.47. The van der Waals surface area contributed by atoms with Gasteiger partial charge in [0.15, 0.2) is 16.6 Å². The van der Waals surface area contributed by atoms with Crippen molar-refractivity contribution in [1.29, 1.82) is 0 Å². The van der Waals surface area contributed by atoms with Gasteiger partial charge in [-0.3, -0.25) is 18.8 Å². The fourth-order valence-electron chi connectivity index (χ4n) is 2.94. The Kier molecular flexibility index (Phi) is 5.25. The van der Waals surface area contributed by atoms with Crippen LogP contribution in [0.1, 0.15) is 21.5 Å². The highest BCUT2D eigenvalue weighted by Gasteiger charge is 2.13. The lowest BCUT2D eigenvalue weighted by atomic mass is 10.0. The van der Waals surface area contributed by atoms with Crippen molar-refractivity contribution in [2.45, 2.75) is 10.9 Å². The van der Waals surface area contributed by atoms with Crippen LogP contribution in [0.2, 0.25) is 5.02 Å². The first kappa shape index (κ1) is 19.4. The van der Waals surface area contributed by atoms with E-state index in [0.29, 0.717) is 38.1 Å². The summed E-state index contributed by atoms with van der Waals surface area (Å²) >= 11 is 7.34. The zero-order chi connectivity index (χ0) is 20.5. The molecule has 0 aliphatic rings. The number of ketones is 1. The summed E-state index contributed by atoms with van der Waals surface area (Å²) in [6.07, 6.45) is 1.54. The van der Waals surface area contributed by atoms with Gasteiger partial charge in [0.05, 0.1) is 6.20 Å². The number of rotatable bonds is 5. The van der Waals surface area contributed by atoms with E-state index in [4.69, 9.17) is 11.6 Å². The molecule has 0 saturated heterocycles. The summed E-state index contributed by atoms with van der Waals surface area (Å²) in [6.45, 7) is 0. The number of nitrogens with zero attached hydrogens (tertiary/aromatic N) is 4. The molecule has 0 fully saturated rings. The molecule has 0 unspecified atom stereocenters. The highest BCUT2D eigenvalue weighted by Crippen LogP contribution is 2.22. The maximum atomic E-state index is 12.6. The molecule has 0 spiro atoms. The highest BCUT2D eigenvalue weighted by molar-refractivity contribution is 7.98. The van der Waals surface area contributed by atoms with Gasteiger partial charge in [-0.05, 0) is 29.8 Å². The van der Waals surface area contributed by atoms with Gasteiger partial charge in [-0.2, -0.15) is 5.10 Å². The smallest absolute Gasteiger partial charge is 0.265 e. The Morgan fingerprint density at radius 2 is 1.66 bits per heavy atom. The van der Waals surface area contributed by atoms with Crippen molar-refractivity contribution in [2.75, 3.05) is 0 Å². The second-order valence-corrected chi connectivity index (χ2v) is 7.96. The lowest BCUT2D eigenvalue weighted by molar-refractivity contribution is 0.103. The average molecular weight is 425 g/mol. The number of halogens is 1. The Morgan fingerprint density at radius 3 is 2.31 bits per heavy atom. The van der Waals surface area contributed by atoms with Crippen molar-refractivity contribution in [3.05, 3.63) is 86.8 Å². The molecule has 2 aromatic carbocycles. The van der Waals surface area contributed by atoms with Gasteiger partial charge in [0.1, 0.15) is 5.39 Å². The normalized spacial score (nSPS) is 11.1. The molecule has 2 aromatic heterocycles. The molecule has 0 saturated carbocycles. The highest BCUT2D eigenvalue weighted by atomic mass is 35.5. The fraction of sp³-hybridized carbons (Fsp3) is 0.143. The van der Waals surface area contributed by atoms with E-state index in [9.17, 15) is 9.59 Å². The predicted octanol–water partition coefficient (Wildman–Crippen LogP) is 3.84. The zero-order valence-corrected chi connectivity index (χ0v) is 17.4. The van der Waals surface area contributed by atoms with Gasteiger partial charge in [0, 0.05) is 36.0 Å². The van der Waals surface area contributed by atoms with Gasteiger partial charge in [-0.15, -0.1) is 0 Å². The van der Waals surface area contributed by atoms with Crippen LogP contribution >= 0.6 is 23.4 Å². The number of benzene rings is 2. The van der Waals surface area contributed by atoms with E-state index >= 15 is 0 Å². The maximum absolute atomic E-state index is 12.6. The first-order valence-electron chi connectivity index (χ1n) is 8.85. The first-order chi connectivity index (χ1) is 13.9. The van der Waals surface area contributed by atoms with Crippen molar-refractivity contribution >= 4 is 40.2 Å². The van der Waals surface area contributed by atoms with Gasteiger partial charge < -0.3 is 0 Å². The molecule has 0 aliphatic heterocycles. The number of aryl methyl sites for hydroxylation is 1. The summed E-state index contributed by atoms with van der Waals surface area (Å²) in [6, 6.07) is 14.3. The van der Waals surface area contributed by atoms with Crippen LogP contribution in [0.15, 0.2) is 64.7 Å². The quantitative estimate of drug-likeness (QED) is 0.276. The van der Waals surface area contributed by atoms with Crippen molar-refractivity contribution in [2.24, 2.45) is 14.1 Å². The molecular formula is C21H17ClN4O2S. The Hall–Kier alpha value is -2.90. The molecule has 0 aliphatic carbocycles. The van der Waals surface area contributed by atoms with E-state index in [-0.39, 0.29) is 11.3 Å². The number of hydrogen-bond acceptors (Lipinski definition) is 5. The largest absolute Gasteiger partial charge is 0.290 e. The molecule has 0 bridgehead atoms. The number of fused-ring (bicyclic) bond motifs is 1. The summed E-state index contributed by atoms with van der Waals surface area (Å²) in [4.78, 5) is 29.6. The van der Waals surface area contributed by atoms with E-state index in [1.165, 1.54) is 22.5 Å². The molecule has 6 nitrogen and oxygen atoms in total. The van der Waals surface area contributed by atoms with Crippen LogP contribution in [-0.4, -0.2) is 25.1 Å². The van der Waals surface area contributed by atoms with Crippen LogP contribution in [0.3, 0.4) is 0 Å². The summed E-state index contributed by atoms with van der Waals surface area (Å²) in [5, 5.41) is 5.83. The molecule has 0 radical (unpaired) electrons. The Labute approximate surface area is 176 Å². The second-order valence-electron chi connectivity index (χ2n) is 6.59. The van der Waals surface area contributed by atoms with E-state index in [2.05, 4.69) is 10.1 Å². The van der Waals surface area contributed by atoms with E-state index in [0.717, 1.165) is 5.56 Å². The van der Waals surface area contributed by atoms with Crippen molar-refractivity contribution in [3.8, 4) is 0 Å². The van der Waals surface area contributed by atoms with Gasteiger partial charge in [0.2, 0.25) is 0 Å². The SMILES string of the molecule is Cn1c(SCc2ccc(C(=O)c3ccc(Cl)cc3)cc2)nc2c(cnn2C)c1=O. The molecule has 4 rings (SSSR count). The van der Waals surface area contributed by atoms with Crippen molar-refractivity contribution in [1.82, 2.24) is 19.3 Å². The topological polar surface area (TPSA) is 69.8 Å². The Balaban J connectivity index is 1.51. The molecule has 2 heterocycles. The van der Waals surface area contributed by atoms with E-state index in [1.54, 1.807) is 43.0 Å². The standard InChI is InChI=1S/C21H17ClN4O2S/c1-25-20(28)17-11-23-26(2)19(17)24-21(25)29-12-13-3-5-14(6-4-13)18(27)15-7-9-16(22)10-8-15/h3-11H,12H2,1-2H3. The molecule has 0 atom stereocenters. The number of carbonyl (C=O) groups is 1. The average Bonchev–Trinajstić information content (AvgIpc) is 3.11. The third-order valence-corrected chi connectivity index (χ3v) is 5.97. The van der Waals surface area contributed by atoms with Gasteiger partial charge in [-0.25, -0.2) is 4.98 Å². The van der Waals surface area contributed by atoms with Crippen LogP contribution in [0.4, 0.5) is 0 Å². The Morgan fingerprint density at radius 1 is 1.03 bits per heavy atom. The molecule has 4 aromatic rings. The molecule has 0 amide bonds. The molecular weight excluding hydrogens is 408 g/mol. The van der Waals surface area contributed by atoms with Crippen LogP contribution in [0.5, 0.6) is 0 Å². The number of aromatic nitrogens is 4. The molecule has 146 valence electrons. The number of thioether (sulfide) groups is 1. The van der Waals surface area contributed by atoms with Crippen molar-refractivity contribution < 1.29 is 4.79 Å². The summed E-state index contributed by atoms with van der Waals surface area (Å²) in [5.74, 6) is 0.575. The third-order valence-electron chi connectivity index (χ3n) is 4.62. The lowest BCUT2D eigenvalue weighted by Gasteiger charge is -2.08. The van der Waals surface area contributed by atoms with Gasteiger partial charge in [0.25, 0.3) is 5.56 Å². The molecule has 29 heavy (non-hydrogen) atoms. The minimum atomic E-state index is -0.116. The molecule has 8 heteroatoms. The number of carbonyl (C=O) groups excluding carboxylic acids is 1. The second kappa shape index (κ2) is 7.85. The third kappa shape index (κ3) is 3.83. The maximum Gasteiger partial charge on any atom is 0.265 e. The minimum Gasteiger partial charge on any atom is -0.290 e. The monoisotopic (exact) mass is 424 g/mol. The van der Waals surface area contributed by atoms with Crippen LogP contribution in [-0.2, 0) is 19.8 Å². The summed E-state index contributed by atoms with van der Waals surface area (Å²) in [5.41, 5.74) is 2.69. The summed E-state index contributed by atoms with van der Waals surface area (Å²) < 4.78 is 3.13. The van der Waals surface area contributed by atoms with Crippen LogP contribution in [0.25, 0.3) is 11.0 Å². The van der Waals surface area contributed by atoms with Gasteiger partial charge >= 0.3 is 0 Å².